The van der Waals surface area contributed by atoms with Crippen LogP contribution >= 0.6 is 24.2 Å². The number of hydrogen-bond donors (Lipinski definition) is 1. The van der Waals surface area contributed by atoms with Gasteiger partial charge in [-0.3, -0.25) is 0 Å². The monoisotopic (exact) mass is 391 g/mol. The van der Waals surface area contributed by atoms with Gasteiger partial charge in [-0.05, 0) is 38.1 Å². The lowest BCUT2D eigenvalue weighted by atomic mass is 10.1. The van der Waals surface area contributed by atoms with Gasteiger partial charge in [0.15, 0.2) is 5.82 Å². The number of nitrogens with two attached hydrogens (primary N) is 1. The minimum absolute atomic E-state index is 0. The first-order chi connectivity index (χ1) is 12.1. The van der Waals surface area contributed by atoms with E-state index in [2.05, 4.69) is 10.2 Å². The van der Waals surface area contributed by atoms with E-state index in [1.165, 1.54) is 0 Å². The van der Waals surface area contributed by atoms with E-state index in [0.717, 1.165) is 33.5 Å². The predicted octanol–water partition coefficient (Wildman–Crippen LogP) is 3.53. The molecule has 0 atom stereocenters. The quantitative estimate of drug-likeness (QED) is 0.687. The summed E-state index contributed by atoms with van der Waals surface area (Å²) in [5, 5.41) is 14.0. The van der Waals surface area contributed by atoms with Crippen molar-refractivity contribution in [2.45, 2.75) is 19.0 Å². The summed E-state index contributed by atoms with van der Waals surface area (Å²) in [5.74, 6) is 3.67. The normalized spacial score (nSPS) is 13.0. The van der Waals surface area contributed by atoms with Crippen LogP contribution in [0.4, 0.5) is 5.69 Å². The number of benzene rings is 1. The first kappa shape index (κ1) is 18.3. The van der Waals surface area contributed by atoms with Crippen molar-refractivity contribution in [3.8, 4) is 17.1 Å². The molecule has 3 aromatic rings. The number of aromatic nitrogens is 3. The summed E-state index contributed by atoms with van der Waals surface area (Å²) in [6.45, 7) is 3.82. The zero-order valence-electron chi connectivity index (χ0n) is 14.5. The number of nitrogens with zero attached hydrogens (tertiary/aromatic N) is 4. The molecule has 1 aromatic carbocycles. The molecule has 7 nitrogen and oxygen atoms in total. The van der Waals surface area contributed by atoms with E-state index in [1.807, 2.05) is 38.1 Å². The molecule has 0 spiro atoms. The lowest BCUT2D eigenvalue weighted by Crippen LogP contribution is -2.14. The van der Waals surface area contributed by atoms with Crippen LogP contribution in [0, 0.1) is 13.8 Å². The number of ether oxygens (including phenoxy) is 1. The number of furan rings is 1. The molecule has 4 rings (SSSR count). The smallest absolute Gasteiger partial charge is 0.212 e. The highest BCUT2D eigenvalue weighted by Crippen LogP contribution is 2.32. The standard InChI is InChI=1S/C17H17N5O2S.ClH/c1-9-6-12(10(2)24-9)16-19-20-17-22(16)21-14(8-25-17)11-4-5-15(23-3)13(18)7-11;/h4-7H,8,18H2,1-3H3;1H. The van der Waals surface area contributed by atoms with Crippen LogP contribution in [0.15, 0.2) is 38.9 Å². The third kappa shape index (κ3) is 3.06. The van der Waals surface area contributed by atoms with Gasteiger partial charge in [0.25, 0.3) is 0 Å². The van der Waals surface area contributed by atoms with Crippen LogP contribution in [-0.2, 0) is 0 Å². The lowest BCUT2D eigenvalue weighted by Gasteiger charge is -2.14. The fraction of sp³-hybridized carbons (Fsp3) is 0.235. The van der Waals surface area contributed by atoms with Crippen molar-refractivity contribution >= 4 is 35.6 Å². The van der Waals surface area contributed by atoms with Crippen LogP contribution in [0.1, 0.15) is 17.1 Å². The van der Waals surface area contributed by atoms with E-state index in [4.69, 9.17) is 20.0 Å². The second-order valence-electron chi connectivity index (χ2n) is 5.74. The van der Waals surface area contributed by atoms with Crippen LogP contribution in [-0.4, -0.2) is 33.4 Å². The molecule has 9 heteroatoms. The molecule has 0 saturated carbocycles. The molecule has 0 bridgehead atoms. The average Bonchev–Trinajstić information content (AvgIpc) is 3.16. The number of thioether (sulfide) groups is 1. The van der Waals surface area contributed by atoms with Gasteiger partial charge in [0, 0.05) is 11.3 Å². The number of halogens is 1. The molecule has 2 N–H and O–H groups in total. The molecule has 0 saturated heterocycles. The molecule has 0 unspecified atom stereocenters. The van der Waals surface area contributed by atoms with Crippen LogP contribution in [0.2, 0.25) is 0 Å². The van der Waals surface area contributed by atoms with Gasteiger partial charge in [-0.15, -0.1) is 22.6 Å². The Hall–Kier alpha value is -2.45. The van der Waals surface area contributed by atoms with Gasteiger partial charge in [0.2, 0.25) is 5.16 Å². The molecule has 1 aliphatic rings. The summed E-state index contributed by atoms with van der Waals surface area (Å²) < 4.78 is 12.6. The molecule has 0 fully saturated rings. The lowest BCUT2D eigenvalue weighted by molar-refractivity contribution is 0.417. The molecule has 0 amide bonds. The Morgan fingerprint density at radius 3 is 2.69 bits per heavy atom. The highest BCUT2D eigenvalue weighted by molar-refractivity contribution is 7.99. The largest absolute Gasteiger partial charge is 0.495 e. The van der Waals surface area contributed by atoms with Crippen molar-refractivity contribution < 1.29 is 9.15 Å². The molecule has 0 aliphatic carbocycles. The second-order valence-corrected chi connectivity index (χ2v) is 6.68. The van der Waals surface area contributed by atoms with E-state index in [1.54, 1.807) is 23.5 Å². The van der Waals surface area contributed by atoms with Crippen LogP contribution in [0.5, 0.6) is 5.75 Å². The predicted molar refractivity (Wildman–Crippen MR) is 105 cm³/mol. The Bertz CT molecular complexity index is 995. The molecular formula is C17H18ClN5O2S. The molecular weight excluding hydrogens is 374 g/mol. The number of hydrogen-bond acceptors (Lipinski definition) is 7. The summed E-state index contributed by atoms with van der Waals surface area (Å²) >= 11 is 1.59. The maximum atomic E-state index is 6.03. The SMILES string of the molecule is COc1ccc(C2=Nn3c(nnc3-c3cc(C)oc3C)SC2)cc1N.Cl. The third-order valence-electron chi connectivity index (χ3n) is 4.02. The van der Waals surface area contributed by atoms with E-state index >= 15 is 0 Å². The fourth-order valence-electron chi connectivity index (χ4n) is 2.80. The zero-order valence-corrected chi connectivity index (χ0v) is 16.1. The molecule has 2 aromatic heterocycles. The number of rotatable bonds is 3. The highest BCUT2D eigenvalue weighted by atomic mass is 35.5. The van der Waals surface area contributed by atoms with Gasteiger partial charge in [0.1, 0.15) is 17.3 Å². The number of aryl methyl sites for hydroxylation is 2. The topological polar surface area (TPSA) is 91.5 Å². The van der Waals surface area contributed by atoms with Gasteiger partial charge in [0.05, 0.1) is 24.1 Å². The van der Waals surface area contributed by atoms with Crippen molar-refractivity contribution in [3.05, 3.63) is 41.3 Å². The summed E-state index contributed by atoms with van der Waals surface area (Å²) in [6.07, 6.45) is 0. The highest BCUT2D eigenvalue weighted by Gasteiger charge is 2.23. The Morgan fingerprint density at radius 2 is 2.04 bits per heavy atom. The molecule has 3 heterocycles. The molecule has 136 valence electrons. The summed E-state index contributed by atoms with van der Waals surface area (Å²) in [6, 6.07) is 7.63. The van der Waals surface area contributed by atoms with Gasteiger partial charge in [-0.2, -0.15) is 9.78 Å². The molecule has 1 aliphatic heterocycles. The first-order valence-corrected chi connectivity index (χ1v) is 8.72. The summed E-state index contributed by atoms with van der Waals surface area (Å²) in [7, 11) is 1.60. The summed E-state index contributed by atoms with van der Waals surface area (Å²) in [5.41, 5.74) is 9.37. The minimum Gasteiger partial charge on any atom is -0.495 e. The average molecular weight is 392 g/mol. The van der Waals surface area contributed by atoms with Crippen LogP contribution in [0.25, 0.3) is 11.4 Å². The van der Waals surface area contributed by atoms with Crippen molar-refractivity contribution in [1.29, 1.82) is 0 Å². The Kier molecular flexibility index (Phi) is 4.97. The van der Waals surface area contributed by atoms with E-state index in [-0.39, 0.29) is 12.4 Å². The van der Waals surface area contributed by atoms with Crippen molar-refractivity contribution in [2.75, 3.05) is 18.6 Å². The van der Waals surface area contributed by atoms with Gasteiger partial charge in [-0.1, -0.05) is 11.8 Å². The minimum atomic E-state index is 0. The van der Waals surface area contributed by atoms with Crippen molar-refractivity contribution in [1.82, 2.24) is 14.9 Å². The van der Waals surface area contributed by atoms with E-state index in [0.29, 0.717) is 23.0 Å². The van der Waals surface area contributed by atoms with Gasteiger partial charge in [-0.25, -0.2) is 0 Å². The first-order valence-electron chi connectivity index (χ1n) is 7.74. The van der Waals surface area contributed by atoms with E-state index < -0.39 is 0 Å². The van der Waals surface area contributed by atoms with Crippen LogP contribution in [0.3, 0.4) is 0 Å². The maximum absolute atomic E-state index is 6.03. The molecule has 26 heavy (non-hydrogen) atoms. The van der Waals surface area contributed by atoms with Gasteiger partial charge < -0.3 is 14.9 Å². The number of methoxy groups -OCH3 is 1. The molecule has 0 radical (unpaired) electrons. The maximum Gasteiger partial charge on any atom is 0.212 e. The number of fused-ring (bicyclic) bond motifs is 1. The Balaban J connectivity index is 0.00000196. The Labute approximate surface area is 161 Å². The fourth-order valence-corrected chi connectivity index (χ4v) is 3.64. The van der Waals surface area contributed by atoms with E-state index in [9.17, 15) is 0 Å². The number of nitrogen functional groups attached to an aromatic ring is 1. The Morgan fingerprint density at radius 1 is 1.23 bits per heavy atom. The number of anilines is 1. The van der Waals surface area contributed by atoms with Crippen molar-refractivity contribution in [3.63, 3.8) is 0 Å². The van der Waals surface area contributed by atoms with Crippen LogP contribution < -0.4 is 10.5 Å². The van der Waals surface area contributed by atoms with Crippen molar-refractivity contribution in [2.24, 2.45) is 5.10 Å². The zero-order chi connectivity index (χ0) is 17.6. The second kappa shape index (κ2) is 7.05. The third-order valence-corrected chi connectivity index (χ3v) is 4.95. The van der Waals surface area contributed by atoms with Gasteiger partial charge >= 0.3 is 0 Å². The summed E-state index contributed by atoms with van der Waals surface area (Å²) in [4.78, 5) is 0.